The van der Waals surface area contributed by atoms with Gasteiger partial charge in [-0.3, -0.25) is 0 Å². The number of pyridine rings is 1. The highest BCUT2D eigenvalue weighted by Crippen LogP contribution is 2.44. The highest BCUT2D eigenvalue weighted by atomic mass is 16.3. The molecule has 194 valence electrons. The number of aromatic nitrogens is 1. The van der Waals surface area contributed by atoms with Gasteiger partial charge in [-0.2, -0.15) is 0 Å². The number of rotatable bonds is 2. The molecule has 2 N–H and O–H groups in total. The van der Waals surface area contributed by atoms with Crippen LogP contribution in [-0.4, -0.2) is 15.2 Å². The predicted octanol–water partition coefficient (Wildman–Crippen LogP) is 9.02. The maximum atomic E-state index is 11.4. The molecule has 0 unspecified atom stereocenters. The Hall–Kier alpha value is -2.81. The van der Waals surface area contributed by atoms with E-state index in [1.54, 1.807) is 0 Å². The van der Waals surface area contributed by atoms with Crippen molar-refractivity contribution >= 4 is 0 Å². The number of phenolic OH excluding ortho intramolecular Hbond substituents is 2. The zero-order chi connectivity index (χ0) is 27.4. The van der Waals surface area contributed by atoms with Crippen LogP contribution in [0.2, 0.25) is 0 Å². The molecule has 0 spiro atoms. The minimum atomic E-state index is -0.224. The lowest BCUT2D eigenvalue weighted by molar-refractivity contribution is 0.446. The van der Waals surface area contributed by atoms with Crippen molar-refractivity contribution in [3.63, 3.8) is 0 Å². The van der Waals surface area contributed by atoms with Crippen molar-refractivity contribution in [2.75, 3.05) is 0 Å². The average molecular weight is 488 g/mol. The van der Waals surface area contributed by atoms with Gasteiger partial charge in [-0.15, -0.1) is 0 Å². The van der Waals surface area contributed by atoms with E-state index in [-0.39, 0.29) is 33.2 Å². The van der Waals surface area contributed by atoms with E-state index in [0.717, 1.165) is 33.4 Å². The summed E-state index contributed by atoms with van der Waals surface area (Å²) in [6.45, 7) is 25.8. The van der Waals surface area contributed by atoms with Crippen molar-refractivity contribution in [1.82, 2.24) is 4.98 Å². The highest BCUT2D eigenvalue weighted by Gasteiger charge is 2.28. The minimum absolute atomic E-state index is 0.0824. The van der Waals surface area contributed by atoms with Gasteiger partial charge in [-0.05, 0) is 57.1 Å². The van der Waals surface area contributed by atoms with Crippen LogP contribution in [0.5, 0.6) is 11.5 Å². The fraction of sp³-hybridized carbons (Fsp3) is 0.485. The monoisotopic (exact) mass is 487 g/mol. The van der Waals surface area contributed by atoms with Gasteiger partial charge in [-0.1, -0.05) is 101 Å². The van der Waals surface area contributed by atoms with Crippen LogP contribution in [-0.2, 0) is 21.7 Å². The molecule has 3 aromatic rings. The molecule has 0 saturated carbocycles. The first kappa shape index (κ1) is 27.8. The second-order valence-electron chi connectivity index (χ2n) is 14.2. The average Bonchev–Trinajstić information content (AvgIpc) is 2.70. The Morgan fingerprint density at radius 3 is 1.11 bits per heavy atom. The SMILES string of the molecule is CC(C)(C)c1cc(-c2cccc(-c3cc(C(C)(C)C)cc(C(C)(C)C)c3O)n2)c(O)c(C(C)(C)C)c1. The van der Waals surface area contributed by atoms with Gasteiger partial charge in [0.25, 0.3) is 0 Å². The quantitative estimate of drug-likeness (QED) is 0.379. The van der Waals surface area contributed by atoms with Crippen molar-refractivity contribution in [1.29, 1.82) is 0 Å². The summed E-state index contributed by atoms with van der Waals surface area (Å²) in [5, 5.41) is 22.8. The van der Waals surface area contributed by atoms with E-state index in [2.05, 4.69) is 107 Å². The molecule has 2 aromatic carbocycles. The second kappa shape index (κ2) is 8.94. The number of phenols is 2. The third-order valence-electron chi connectivity index (χ3n) is 6.87. The summed E-state index contributed by atoms with van der Waals surface area (Å²) in [7, 11) is 0. The molecule has 3 nitrogen and oxygen atoms in total. The highest BCUT2D eigenvalue weighted by molar-refractivity contribution is 5.76. The van der Waals surface area contributed by atoms with Crippen LogP contribution >= 0.6 is 0 Å². The van der Waals surface area contributed by atoms with Gasteiger partial charge in [0.2, 0.25) is 0 Å². The fourth-order valence-electron chi connectivity index (χ4n) is 4.40. The van der Waals surface area contributed by atoms with E-state index in [4.69, 9.17) is 4.98 Å². The van der Waals surface area contributed by atoms with E-state index in [9.17, 15) is 10.2 Å². The molecule has 0 saturated heterocycles. The van der Waals surface area contributed by atoms with Crippen LogP contribution < -0.4 is 0 Å². The maximum Gasteiger partial charge on any atom is 0.128 e. The fourth-order valence-corrected chi connectivity index (χ4v) is 4.40. The number of benzene rings is 2. The topological polar surface area (TPSA) is 53.4 Å². The van der Waals surface area contributed by atoms with E-state index in [1.807, 2.05) is 18.2 Å². The number of nitrogens with zero attached hydrogens (tertiary/aromatic N) is 1. The third kappa shape index (κ3) is 5.61. The molecule has 3 rings (SSSR count). The van der Waals surface area contributed by atoms with Gasteiger partial charge in [-0.25, -0.2) is 4.98 Å². The van der Waals surface area contributed by atoms with Gasteiger partial charge >= 0.3 is 0 Å². The van der Waals surface area contributed by atoms with Gasteiger partial charge in [0.15, 0.2) is 0 Å². The Kier molecular flexibility index (Phi) is 6.90. The summed E-state index contributed by atoms with van der Waals surface area (Å²) in [6, 6.07) is 14.2. The first-order chi connectivity index (χ1) is 16.2. The Labute approximate surface area is 218 Å². The van der Waals surface area contributed by atoms with Gasteiger partial charge < -0.3 is 10.2 Å². The van der Waals surface area contributed by atoms with Crippen molar-refractivity contribution < 1.29 is 10.2 Å². The molecule has 0 radical (unpaired) electrons. The second-order valence-corrected chi connectivity index (χ2v) is 14.2. The summed E-state index contributed by atoms with van der Waals surface area (Å²) < 4.78 is 0. The molecular formula is C33H45NO2. The molecule has 0 atom stereocenters. The molecule has 0 aliphatic carbocycles. The van der Waals surface area contributed by atoms with Crippen LogP contribution in [0.25, 0.3) is 22.5 Å². The number of hydrogen-bond acceptors (Lipinski definition) is 3. The Bertz CT molecular complexity index is 1180. The lowest BCUT2D eigenvalue weighted by Gasteiger charge is -2.28. The zero-order valence-electron chi connectivity index (χ0n) is 24.4. The smallest absolute Gasteiger partial charge is 0.128 e. The van der Waals surface area contributed by atoms with Gasteiger partial charge in [0.05, 0.1) is 11.4 Å². The van der Waals surface area contributed by atoms with Crippen molar-refractivity contribution in [2.24, 2.45) is 0 Å². The molecule has 1 heterocycles. The molecule has 1 aromatic heterocycles. The number of hydrogen-bond donors (Lipinski definition) is 2. The Morgan fingerprint density at radius 1 is 0.500 bits per heavy atom. The Morgan fingerprint density at radius 2 is 0.833 bits per heavy atom. The Balaban J connectivity index is 2.32. The first-order valence-electron chi connectivity index (χ1n) is 12.9. The maximum absolute atomic E-state index is 11.4. The van der Waals surface area contributed by atoms with Crippen LogP contribution in [0.1, 0.15) is 105 Å². The molecule has 3 heteroatoms. The van der Waals surface area contributed by atoms with Gasteiger partial charge in [0.1, 0.15) is 11.5 Å². The van der Waals surface area contributed by atoms with E-state index in [0.29, 0.717) is 11.4 Å². The molecule has 0 bridgehead atoms. The minimum Gasteiger partial charge on any atom is -0.507 e. The lowest BCUT2D eigenvalue weighted by atomic mass is 9.78. The summed E-state index contributed by atoms with van der Waals surface area (Å²) >= 11 is 0. The van der Waals surface area contributed by atoms with Crippen LogP contribution in [0.15, 0.2) is 42.5 Å². The summed E-state index contributed by atoms with van der Waals surface area (Å²) in [4.78, 5) is 5.01. The summed E-state index contributed by atoms with van der Waals surface area (Å²) in [5.74, 6) is 0.534. The number of aromatic hydroxyl groups is 2. The molecule has 0 aliphatic heterocycles. The summed E-state index contributed by atoms with van der Waals surface area (Å²) in [5.41, 5.74) is 6.33. The van der Waals surface area contributed by atoms with E-state index in [1.165, 1.54) is 0 Å². The lowest BCUT2D eigenvalue weighted by Crippen LogP contribution is -2.17. The molecular weight excluding hydrogens is 442 g/mol. The first-order valence-corrected chi connectivity index (χ1v) is 12.9. The molecule has 0 amide bonds. The van der Waals surface area contributed by atoms with Crippen molar-refractivity contribution in [2.45, 2.75) is 105 Å². The van der Waals surface area contributed by atoms with Gasteiger partial charge in [0, 0.05) is 22.3 Å². The van der Waals surface area contributed by atoms with Crippen molar-refractivity contribution in [3.05, 3.63) is 64.7 Å². The van der Waals surface area contributed by atoms with Crippen LogP contribution in [0.3, 0.4) is 0 Å². The largest absolute Gasteiger partial charge is 0.507 e. The van der Waals surface area contributed by atoms with Crippen LogP contribution in [0.4, 0.5) is 0 Å². The van der Waals surface area contributed by atoms with Crippen LogP contribution in [0, 0.1) is 0 Å². The van der Waals surface area contributed by atoms with Crippen molar-refractivity contribution in [3.8, 4) is 34.0 Å². The third-order valence-corrected chi connectivity index (χ3v) is 6.87. The van der Waals surface area contributed by atoms with E-state index < -0.39 is 0 Å². The summed E-state index contributed by atoms with van der Waals surface area (Å²) in [6.07, 6.45) is 0. The normalized spacial score (nSPS) is 13.2. The molecule has 0 aliphatic rings. The zero-order valence-corrected chi connectivity index (χ0v) is 24.4. The predicted molar refractivity (Wildman–Crippen MR) is 153 cm³/mol. The molecule has 0 fully saturated rings. The van der Waals surface area contributed by atoms with E-state index >= 15 is 0 Å². The molecule has 36 heavy (non-hydrogen) atoms. The standard InChI is InChI=1S/C33H45NO2/c1-30(2,3)20-16-22(28(35)24(18-20)32(7,8)9)26-14-13-15-27(34-26)23-17-21(31(4,5)6)19-25(29(23)36)33(10,11)12/h13-19,35-36H,1-12H3.